The Morgan fingerprint density at radius 1 is 1.28 bits per heavy atom. The van der Waals surface area contributed by atoms with Crippen molar-refractivity contribution in [3.63, 3.8) is 0 Å². The van der Waals surface area contributed by atoms with Crippen LogP contribution in [0, 0.1) is 11.8 Å². The molecule has 4 nitrogen and oxygen atoms in total. The molecule has 0 saturated heterocycles. The molecule has 0 fully saturated rings. The predicted molar refractivity (Wildman–Crippen MR) is 100 cm³/mol. The van der Waals surface area contributed by atoms with Gasteiger partial charge in [0.05, 0.1) is 5.60 Å². The van der Waals surface area contributed by atoms with Gasteiger partial charge in [-0.3, -0.25) is 9.59 Å². The number of rotatable bonds is 12. The van der Waals surface area contributed by atoms with E-state index in [4.69, 9.17) is 5.11 Å². The maximum absolute atomic E-state index is 12.0. The lowest BCUT2D eigenvalue weighted by atomic mass is 9.88. The summed E-state index contributed by atoms with van der Waals surface area (Å²) < 4.78 is 0. The van der Waals surface area contributed by atoms with Crippen LogP contribution in [0.25, 0.3) is 0 Å². The van der Waals surface area contributed by atoms with Crippen molar-refractivity contribution in [2.24, 2.45) is 11.8 Å². The normalized spacial score (nSPS) is 22.9. The third kappa shape index (κ3) is 8.82. The van der Waals surface area contributed by atoms with Crippen LogP contribution < -0.4 is 0 Å². The highest BCUT2D eigenvalue weighted by Crippen LogP contribution is 2.28. The van der Waals surface area contributed by atoms with Gasteiger partial charge in [0.2, 0.25) is 0 Å². The number of hydrogen-bond donors (Lipinski definition) is 2. The molecule has 2 N–H and O–H groups in total. The summed E-state index contributed by atoms with van der Waals surface area (Å²) in [6, 6.07) is 0. The minimum absolute atomic E-state index is 0.0221. The van der Waals surface area contributed by atoms with Crippen molar-refractivity contribution in [3.8, 4) is 0 Å². The number of carboxylic acid groups (broad SMARTS) is 1. The first kappa shape index (κ1) is 21.4. The van der Waals surface area contributed by atoms with Gasteiger partial charge in [0.15, 0.2) is 5.78 Å². The maximum Gasteiger partial charge on any atom is 0.303 e. The van der Waals surface area contributed by atoms with Crippen molar-refractivity contribution in [2.45, 2.75) is 70.8 Å². The molecule has 0 heterocycles. The van der Waals surface area contributed by atoms with Crippen molar-refractivity contribution < 1.29 is 19.8 Å². The van der Waals surface area contributed by atoms with Crippen LogP contribution in [0.15, 0.2) is 36.5 Å². The van der Waals surface area contributed by atoms with Crippen LogP contribution in [0.2, 0.25) is 0 Å². The summed E-state index contributed by atoms with van der Waals surface area (Å²) in [6.07, 6.45) is 17.4. The van der Waals surface area contributed by atoms with E-state index in [1.165, 1.54) is 0 Å². The average molecular weight is 348 g/mol. The van der Waals surface area contributed by atoms with Crippen molar-refractivity contribution in [2.75, 3.05) is 0 Å². The Morgan fingerprint density at radius 2 is 2.04 bits per heavy atom. The summed E-state index contributed by atoms with van der Waals surface area (Å²) in [6.45, 7) is 3.95. The van der Waals surface area contributed by atoms with Gasteiger partial charge in [-0.25, -0.2) is 0 Å². The van der Waals surface area contributed by atoms with Gasteiger partial charge in [-0.15, -0.1) is 0 Å². The standard InChI is InChI=1S/C21H32O4/c1-3-4-9-15-21(2,25)16-14-17-12-13-19(22)18(17)10-7-5-6-8-11-20(23)24/h5,7,12-14,16-18,25H,3-4,6,8-11,15H2,1-2H3,(H,23,24)/b7-5+,16-14-/t17-,18-,21+/m1/s1. The van der Waals surface area contributed by atoms with Crippen LogP contribution in [-0.2, 0) is 9.59 Å². The second-order valence-electron chi connectivity index (χ2n) is 7.11. The molecule has 0 aliphatic heterocycles. The van der Waals surface area contributed by atoms with E-state index < -0.39 is 11.6 Å². The molecule has 0 bridgehead atoms. The molecule has 4 heteroatoms. The Balaban J connectivity index is 2.48. The van der Waals surface area contributed by atoms with Crippen molar-refractivity contribution >= 4 is 11.8 Å². The molecule has 1 aliphatic rings. The van der Waals surface area contributed by atoms with Crippen molar-refractivity contribution in [3.05, 3.63) is 36.5 Å². The molecule has 0 saturated carbocycles. The Morgan fingerprint density at radius 3 is 2.72 bits per heavy atom. The Kier molecular flexibility index (Phi) is 9.43. The van der Waals surface area contributed by atoms with Crippen LogP contribution in [0.1, 0.15) is 65.2 Å². The highest BCUT2D eigenvalue weighted by molar-refractivity contribution is 5.95. The number of allylic oxidation sites excluding steroid dienone is 5. The molecular formula is C21H32O4. The first-order valence-electron chi connectivity index (χ1n) is 9.36. The smallest absolute Gasteiger partial charge is 0.303 e. The second kappa shape index (κ2) is 11.0. The maximum atomic E-state index is 12.0. The molecule has 0 radical (unpaired) electrons. The Bertz CT molecular complexity index is 514. The monoisotopic (exact) mass is 348 g/mol. The zero-order valence-electron chi connectivity index (χ0n) is 15.5. The molecule has 0 aromatic heterocycles. The fraction of sp³-hybridized carbons (Fsp3) is 0.619. The number of aliphatic carboxylic acids is 1. The fourth-order valence-electron chi connectivity index (χ4n) is 2.99. The van der Waals surface area contributed by atoms with Gasteiger partial charge in [0.25, 0.3) is 0 Å². The van der Waals surface area contributed by atoms with E-state index in [-0.39, 0.29) is 24.0 Å². The van der Waals surface area contributed by atoms with Gasteiger partial charge in [0, 0.05) is 18.3 Å². The third-order valence-electron chi connectivity index (χ3n) is 4.59. The number of carboxylic acids is 1. The summed E-state index contributed by atoms with van der Waals surface area (Å²) in [5.74, 6) is -0.748. The first-order valence-corrected chi connectivity index (χ1v) is 9.36. The molecule has 1 rings (SSSR count). The van der Waals surface area contributed by atoms with Crippen LogP contribution >= 0.6 is 0 Å². The predicted octanol–water partition coefficient (Wildman–Crippen LogP) is 4.45. The van der Waals surface area contributed by atoms with E-state index in [2.05, 4.69) is 6.92 Å². The number of aliphatic hydroxyl groups is 1. The number of unbranched alkanes of at least 4 members (excludes halogenated alkanes) is 3. The highest BCUT2D eigenvalue weighted by atomic mass is 16.4. The summed E-state index contributed by atoms with van der Waals surface area (Å²) in [4.78, 5) is 22.5. The quantitative estimate of drug-likeness (QED) is 0.404. The summed E-state index contributed by atoms with van der Waals surface area (Å²) in [7, 11) is 0. The first-order chi connectivity index (χ1) is 11.9. The minimum Gasteiger partial charge on any atom is -0.481 e. The molecule has 0 amide bonds. The highest BCUT2D eigenvalue weighted by Gasteiger charge is 2.28. The van der Waals surface area contributed by atoms with Gasteiger partial charge in [-0.1, -0.05) is 56.6 Å². The lowest BCUT2D eigenvalue weighted by Crippen LogP contribution is -2.21. The molecule has 0 spiro atoms. The zero-order chi connectivity index (χ0) is 18.7. The summed E-state index contributed by atoms with van der Waals surface area (Å²) in [5, 5.41) is 19.0. The number of carbonyl (C=O) groups excluding carboxylic acids is 1. The SMILES string of the molecule is CCCCC[C@](C)(O)/C=C\[C@H]1C=CC(=O)[C@@H]1C/C=C/CCCC(=O)O. The van der Waals surface area contributed by atoms with E-state index in [0.717, 1.165) is 25.7 Å². The van der Waals surface area contributed by atoms with E-state index >= 15 is 0 Å². The van der Waals surface area contributed by atoms with Crippen LogP contribution in [0.5, 0.6) is 0 Å². The van der Waals surface area contributed by atoms with Crippen LogP contribution in [0.3, 0.4) is 0 Å². The largest absolute Gasteiger partial charge is 0.481 e. The van der Waals surface area contributed by atoms with Gasteiger partial charge < -0.3 is 10.2 Å². The fourth-order valence-corrected chi connectivity index (χ4v) is 2.99. The van der Waals surface area contributed by atoms with Crippen molar-refractivity contribution in [1.82, 2.24) is 0 Å². The lowest BCUT2D eigenvalue weighted by molar-refractivity contribution is -0.137. The molecular weight excluding hydrogens is 316 g/mol. The average Bonchev–Trinajstić information content (AvgIpc) is 2.89. The molecule has 0 aromatic rings. The summed E-state index contributed by atoms with van der Waals surface area (Å²) in [5.41, 5.74) is -0.828. The molecule has 1 aliphatic carbocycles. The van der Waals surface area contributed by atoms with E-state index in [1.54, 1.807) is 6.08 Å². The number of hydrogen-bond acceptors (Lipinski definition) is 3. The Hall–Kier alpha value is -1.68. The van der Waals surface area contributed by atoms with Crippen LogP contribution in [0.4, 0.5) is 0 Å². The van der Waals surface area contributed by atoms with Gasteiger partial charge >= 0.3 is 5.97 Å². The van der Waals surface area contributed by atoms with Gasteiger partial charge in [-0.05, 0) is 38.7 Å². The van der Waals surface area contributed by atoms with Crippen molar-refractivity contribution in [1.29, 1.82) is 0 Å². The molecule has 140 valence electrons. The van der Waals surface area contributed by atoms with E-state index in [0.29, 0.717) is 19.3 Å². The second-order valence-corrected chi connectivity index (χ2v) is 7.11. The third-order valence-corrected chi connectivity index (χ3v) is 4.59. The van der Waals surface area contributed by atoms with Gasteiger partial charge in [0.1, 0.15) is 0 Å². The molecule has 25 heavy (non-hydrogen) atoms. The number of carbonyl (C=O) groups is 2. The summed E-state index contributed by atoms with van der Waals surface area (Å²) >= 11 is 0. The van der Waals surface area contributed by atoms with E-state index in [9.17, 15) is 14.7 Å². The lowest BCUT2D eigenvalue weighted by Gasteiger charge is -2.20. The molecule has 3 atom stereocenters. The zero-order valence-corrected chi connectivity index (χ0v) is 15.5. The Labute approximate surface area is 151 Å². The molecule has 0 unspecified atom stereocenters. The molecule has 0 aromatic carbocycles. The topological polar surface area (TPSA) is 74.6 Å². The van der Waals surface area contributed by atoms with E-state index in [1.807, 2.05) is 37.3 Å². The van der Waals surface area contributed by atoms with Gasteiger partial charge in [-0.2, -0.15) is 0 Å². The van der Waals surface area contributed by atoms with Crippen LogP contribution in [-0.4, -0.2) is 27.6 Å². The number of ketones is 1. The minimum atomic E-state index is -0.828.